The molecule has 1 aliphatic rings. The lowest BCUT2D eigenvalue weighted by Crippen LogP contribution is -2.45. The van der Waals surface area contributed by atoms with Crippen molar-refractivity contribution < 1.29 is 4.79 Å². The highest BCUT2D eigenvalue weighted by Gasteiger charge is 2.18. The van der Waals surface area contributed by atoms with E-state index in [9.17, 15) is 4.79 Å². The van der Waals surface area contributed by atoms with Crippen molar-refractivity contribution in [2.75, 3.05) is 32.7 Å². The zero-order valence-electron chi connectivity index (χ0n) is 13.0. The van der Waals surface area contributed by atoms with E-state index in [1.165, 1.54) is 32.5 Å². The van der Waals surface area contributed by atoms with Crippen molar-refractivity contribution in [2.45, 2.75) is 46.6 Å². The highest BCUT2D eigenvalue weighted by Crippen LogP contribution is 2.11. The fourth-order valence-electron chi connectivity index (χ4n) is 2.50. The van der Waals surface area contributed by atoms with Crippen LogP contribution in [0.2, 0.25) is 0 Å². The molecule has 4 heteroatoms. The normalized spacial score (nSPS) is 18.2. The number of carbonyl (C=O) groups excluding carboxylic acids is 1. The number of hydrogen-bond donors (Lipinski definition) is 2. The fraction of sp³-hybridized carbons (Fsp3) is 0.933. The first-order chi connectivity index (χ1) is 8.99. The number of hydrogen-bond acceptors (Lipinski definition) is 3. The van der Waals surface area contributed by atoms with Crippen LogP contribution < -0.4 is 10.6 Å². The predicted molar refractivity (Wildman–Crippen MR) is 80.2 cm³/mol. The zero-order chi connectivity index (χ0) is 14.3. The Balaban J connectivity index is 2.05. The molecular formula is C15H31N3O. The molecule has 0 spiro atoms. The predicted octanol–water partition coefficient (Wildman–Crippen LogP) is 1.47. The molecule has 0 atom stereocenters. The molecule has 19 heavy (non-hydrogen) atoms. The SMILES string of the molecule is CC(C)CN1CCC(NCCNC(=O)C(C)C)CC1. The summed E-state index contributed by atoms with van der Waals surface area (Å²) in [4.78, 5) is 14.0. The Morgan fingerprint density at radius 3 is 2.32 bits per heavy atom. The van der Waals surface area contributed by atoms with E-state index in [4.69, 9.17) is 0 Å². The Bertz CT molecular complexity index is 258. The van der Waals surface area contributed by atoms with Gasteiger partial charge in [-0.25, -0.2) is 0 Å². The Kier molecular flexibility index (Phi) is 7.39. The van der Waals surface area contributed by atoms with Crippen LogP contribution in [-0.4, -0.2) is 49.6 Å². The molecule has 0 aliphatic carbocycles. The third-order valence-corrected chi connectivity index (χ3v) is 3.59. The van der Waals surface area contributed by atoms with Crippen LogP contribution in [0.5, 0.6) is 0 Å². The average molecular weight is 269 g/mol. The Morgan fingerprint density at radius 1 is 1.16 bits per heavy atom. The van der Waals surface area contributed by atoms with Crippen molar-refractivity contribution in [3.8, 4) is 0 Å². The van der Waals surface area contributed by atoms with Gasteiger partial charge in [0.2, 0.25) is 5.91 Å². The Morgan fingerprint density at radius 2 is 1.79 bits per heavy atom. The van der Waals surface area contributed by atoms with Crippen molar-refractivity contribution >= 4 is 5.91 Å². The van der Waals surface area contributed by atoms with Crippen molar-refractivity contribution in [1.82, 2.24) is 15.5 Å². The summed E-state index contributed by atoms with van der Waals surface area (Å²) in [6, 6.07) is 0.624. The summed E-state index contributed by atoms with van der Waals surface area (Å²) in [5.74, 6) is 0.989. The molecule has 0 aromatic carbocycles. The van der Waals surface area contributed by atoms with E-state index in [2.05, 4.69) is 29.4 Å². The van der Waals surface area contributed by atoms with Gasteiger partial charge in [0, 0.05) is 31.6 Å². The number of likely N-dealkylation sites (tertiary alicyclic amines) is 1. The lowest BCUT2D eigenvalue weighted by atomic mass is 10.0. The minimum absolute atomic E-state index is 0.0827. The third kappa shape index (κ3) is 6.92. The molecule has 1 rings (SSSR count). The largest absolute Gasteiger partial charge is 0.355 e. The maximum absolute atomic E-state index is 11.4. The van der Waals surface area contributed by atoms with Gasteiger partial charge in [0.15, 0.2) is 0 Å². The molecule has 2 N–H and O–H groups in total. The van der Waals surface area contributed by atoms with Crippen LogP contribution in [0.25, 0.3) is 0 Å². The summed E-state index contributed by atoms with van der Waals surface area (Å²) >= 11 is 0. The number of amides is 1. The van der Waals surface area contributed by atoms with Crippen molar-refractivity contribution in [3.63, 3.8) is 0 Å². The standard InChI is InChI=1S/C15H31N3O/c1-12(2)11-18-9-5-14(6-10-18)16-7-8-17-15(19)13(3)4/h12-14,16H,5-11H2,1-4H3,(H,17,19). The highest BCUT2D eigenvalue weighted by molar-refractivity contribution is 5.77. The molecule has 112 valence electrons. The molecule has 0 aromatic rings. The van der Waals surface area contributed by atoms with E-state index >= 15 is 0 Å². The van der Waals surface area contributed by atoms with E-state index < -0.39 is 0 Å². The monoisotopic (exact) mass is 269 g/mol. The molecule has 1 saturated heterocycles. The van der Waals surface area contributed by atoms with Gasteiger partial charge in [0.1, 0.15) is 0 Å². The maximum Gasteiger partial charge on any atom is 0.222 e. The van der Waals surface area contributed by atoms with E-state index in [-0.39, 0.29) is 11.8 Å². The average Bonchev–Trinajstić information content (AvgIpc) is 2.35. The number of nitrogens with one attached hydrogen (secondary N) is 2. The Hall–Kier alpha value is -0.610. The molecule has 1 heterocycles. The van der Waals surface area contributed by atoms with E-state index in [0.717, 1.165) is 19.0 Å². The lowest BCUT2D eigenvalue weighted by Gasteiger charge is -2.33. The first kappa shape index (κ1) is 16.4. The molecule has 0 unspecified atom stereocenters. The van der Waals surface area contributed by atoms with Crippen molar-refractivity contribution in [2.24, 2.45) is 11.8 Å². The first-order valence-corrected chi connectivity index (χ1v) is 7.72. The lowest BCUT2D eigenvalue weighted by molar-refractivity contribution is -0.123. The van der Waals surface area contributed by atoms with Gasteiger partial charge in [-0.2, -0.15) is 0 Å². The highest BCUT2D eigenvalue weighted by atomic mass is 16.1. The fourth-order valence-corrected chi connectivity index (χ4v) is 2.50. The van der Waals surface area contributed by atoms with Gasteiger partial charge in [-0.05, 0) is 31.8 Å². The second kappa shape index (κ2) is 8.54. The maximum atomic E-state index is 11.4. The van der Waals surface area contributed by atoms with Gasteiger partial charge in [-0.15, -0.1) is 0 Å². The second-order valence-corrected chi connectivity index (χ2v) is 6.37. The molecule has 1 fully saturated rings. The minimum Gasteiger partial charge on any atom is -0.355 e. The first-order valence-electron chi connectivity index (χ1n) is 7.72. The molecule has 0 saturated carbocycles. The summed E-state index contributed by atoms with van der Waals surface area (Å²) in [5, 5.41) is 6.49. The van der Waals surface area contributed by atoms with Crippen LogP contribution in [0.3, 0.4) is 0 Å². The van der Waals surface area contributed by atoms with Gasteiger partial charge in [-0.1, -0.05) is 27.7 Å². The second-order valence-electron chi connectivity index (χ2n) is 6.37. The van der Waals surface area contributed by atoms with Gasteiger partial charge in [0.05, 0.1) is 0 Å². The van der Waals surface area contributed by atoms with E-state index in [0.29, 0.717) is 6.04 Å². The van der Waals surface area contributed by atoms with Gasteiger partial charge in [-0.3, -0.25) is 4.79 Å². The number of rotatable bonds is 7. The summed E-state index contributed by atoms with van der Waals surface area (Å²) in [7, 11) is 0. The van der Waals surface area contributed by atoms with Crippen LogP contribution in [-0.2, 0) is 4.79 Å². The summed E-state index contributed by atoms with van der Waals surface area (Å²) < 4.78 is 0. The molecular weight excluding hydrogens is 238 g/mol. The smallest absolute Gasteiger partial charge is 0.222 e. The van der Waals surface area contributed by atoms with Crippen LogP contribution >= 0.6 is 0 Å². The van der Waals surface area contributed by atoms with E-state index in [1.807, 2.05) is 13.8 Å². The van der Waals surface area contributed by atoms with Crippen molar-refractivity contribution in [3.05, 3.63) is 0 Å². The van der Waals surface area contributed by atoms with Crippen LogP contribution in [0.4, 0.5) is 0 Å². The van der Waals surface area contributed by atoms with Gasteiger partial charge in [0.25, 0.3) is 0 Å². The van der Waals surface area contributed by atoms with Crippen LogP contribution in [0, 0.1) is 11.8 Å². The zero-order valence-corrected chi connectivity index (χ0v) is 13.0. The third-order valence-electron chi connectivity index (χ3n) is 3.59. The minimum atomic E-state index is 0.0827. The summed E-state index contributed by atoms with van der Waals surface area (Å²) in [6.07, 6.45) is 2.45. The molecule has 1 aliphatic heterocycles. The number of nitrogens with zero attached hydrogens (tertiary/aromatic N) is 1. The quantitative estimate of drug-likeness (QED) is 0.688. The molecule has 1 amide bonds. The molecule has 0 aromatic heterocycles. The number of carbonyl (C=O) groups is 1. The van der Waals surface area contributed by atoms with Crippen molar-refractivity contribution in [1.29, 1.82) is 0 Å². The summed E-state index contributed by atoms with van der Waals surface area (Å²) in [5.41, 5.74) is 0. The van der Waals surface area contributed by atoms with Gasteiger partial charge >= 0.3 is 0 Å². The topological polar surface area (TPSA) is 44.4 Å². The Labute approximate surface area is 118 Å². The van der Waals surface area contributed by atoms with Crippen LogP contribution in [0.15, 0.2) is 0 Å². The molecule has 4 nitrogen and oxygen atoms in total. The van der Waals surface area contributed by atoms with Crippen LogP contribution in [0.1, 0.15) is 40.5 Å². The van der Waals surface area contributed by atoms with E-state index in [1.54, 1.807) is 0 Å². The molecule has 0 radical (unpaired) electrons. The number of piperidine rings is 1. The van der Waals surface area contributed by atoms with Gasteiger partial charge < -0.3 is 15.5 Å². The summed E-state index contributed by atoms with van der Waals surface area (Å²) in [6.45, 7) is 13.7. The molecule has 0 bridgehead atoms.